The summed E-state index contributed by atoms with van der Waals surface area (Å²) in [5.74, 6) is 1.33. The van der Waals surface area contributed by atoms with Gasteiger partial charge in [-0.05, 0) is 34.5 Å². The molecule has 5 nitrogen and oxygen atoms in total. The number of hydrogen-bond donors (Lipinski definition) is 0. The van der Waals surface area contributed by atoms with Gasteiger partial charge >= 0.3 is 5.63 Å². The van der Waals surface area contributed by atoms with Crippen LogP contribution in [0.4, 0.5) is 0 Å². The predicted molar refractivity (Wildman–Crippen MR) is 136 cm³/mol. The molecule has 0 radical (unpaired) electrons. The molecule has 6 rings (SSSR count). The Kier molecular flexibility index (Phi) is 5.20. The fourth-order valence-corrected chi connectivity index (χ4v) is 5.16. The van der Waals surface area contributed by atoms with Crippen LogP contribution in [0, 0.1) is 0 Å². The minimum Gasteiger partial charge on any atom is -0.423 e. The lowest BCUT2D eigenvalue weighted by Gasteiger charge is -2.11. The Morgan fingerprint density at radius 1 is 0.794 bits per heavy atom. The van der Waals surface area contributed by atoms with E-state index in [1.54, 1.807) is 17.8 Å². The molecule has 0 saturated heterocycles. The Morgan fingerprint density at radius 3 is 2.35 bits per heavy atom. The van der Waals surface area contributed by atoms with Gasteiger partial charge in [-0.2, -0.15) is 0 Å². The second-order valence-electron chi connectivity index (χ2n) is 7.88. The van der Waals surface area contributed by atoms with Crippen molar-refractivity contribution in [1.29, 1.82) is 0 Å². The van der Waals surface area contributed by atoms with Gasteiger partial charge < -0.3 is 4.42 Å². The Bertz CT molecular complexity index is 1680. The van der Waals surface area contributed by atoms with Crippen molar-refractivity contribution < 1.29 is 4.42 Å². The Labute approximate surface area is 199 Å². The summed E-state index contributed by atoms with van der Waals surface area (Å²) in [5, 5.41) is 12.9. The van der Waals surface area contributed by atoms with Crippen molar-refractivity contribution in [2.24, 2.45) is 0 Å². The van der Waals surface area contributed by atoms with E-state index < -0.39 is 0 Å². The van der Waals surface area contributed by atoms with Crippen LogP contribution in [0.1, 0.15) is 5.56 Å². The lowest BCUT2D eigenvalue weighted by Crippen LogP contribution is -2.02. The van der Waals surface area contributed by atoms with Crippen molar-refractivity contribution in [2.45, 2.75) is 10.9 Å². The first-order valence-electron chi connectivity index (χ1n) is 10.9. The minimum absolute atomic E-state index is 0.354. The van der Waals surface area contributed by atoms with Crippen LogP contribution < -0.4 is 5.63 Å². The zero-order chi connectivity index (χ0) is 22.9. The van der Waals surface area contributed by atoms with Crippen LogP contribution in [0.2, 0.25) is 0 Å². The van der Waals surface area contributed by atoms with Crippen LogP contribution in [-0.4, -0.2) is 14.8 Å². The second kappa shape index (κ2) is 8.65. The molecule has 0 unspecified atom stereocenters. The molecule has 0 N–H and O–H groups in total. The molecular weight excluding hydrogens is 442 g/mol. The highest BCUT2D eigenvalue weighted by Gasteiger charge is 2.17. The van der Waals surface area contributed by atoms with E-state index in [0.717, 1.165) is 44.0 Å². The predicted octanol–water partition coefficient (Wildman–Crippen LogP) is 6.49. The van der Waals surface area contributed by atoms with E-state index in [2.05, 4.69) is 26.9 Å². The van der Waals surface area contributed by atoms with Gasteiger partial charge in [-0.1, -0.05) is 90.6 Å². The van der Waals surface area contributed by atoms with Crippen molar-refractivity contribution in [1.82, 2.24) is 14.8 Å². The van der Waals surface area contributed by atoms with Crippen LogP contribution >= 0.6 is 11.8 Å². The number of fused-ring (bicyclic) bond motifs is 3. The third kappa shape index (κ3) is 3.68. The van der Waals surface area contributed by atoms with E-state index in [9.17, 15) is 4.79 Å². The lowest BCUT2D eigenvalue weighted by atomic mass is 10.0. The molecule has 4 aromatic carbocycles. The van der Waals surface area contributed by atoms with E-state index in [-0.39, 0.29) is 5.63 Å². The van der Waals surface area contributed by atoms with Crippen LogP contribution in [-0.2, 0) is 5.75 Å². The van der Waals surface area contributed by atoms with Crippen molar-refractivity contribution in [3.63, 3.8) is 0 Å². The van der Waals surface area contributed by atoms with E-state index in [0.29, 0.717) is 11.3 Å². The largest absolute Gasteiger partial charge is 0.423 e. The highest BCUT2D eigenvalue weighted by Crippen LogP contribution is 2.33. The monoisotopic (exact) mass is 461 g/mol. The van der Waals surface area contributed by atoms with Gasteiger partial charge in [0.05, 0.1) is 0 Å². The van der Waals surface area contributed by atoms with E-state index in [1.807, 2.05) is 84.9 Å². The first-order valence-corrected chi connectivity index (χ1v) is 11.9. The molecule has 34 heavy (non-hydrogen) atoms. The Morgan fingerprint density at radius 2 is 1.53 bits per heavy atom. The number of rotatable bonds is 5. The summed E-state index contributed by atoms with van der Waals surface area (Å²) in [6.07, 6.45) is 0. The molecule has 6 aromatic rings. The van der Waals surface area contributed by atoms with Crippen LogP contribution in [0.25, 0.3) is 38.8 Å². The Hall–Kier alpha value is -4.16. The number of nitrogens with zero attached hydrogens (tertiary/aromatic N) is 3. The highest BCUT2D eigenvalue weighted by atomic mass is 32.2. The maximum absolute atomic E-state index is 12.3. The van der Waals surface area contributed by atoms with Gasteiger partial charge in [-0.15, -0.1) is 10.2 Å². The molecule has 0 aliphatic carbocycles. The summed E-state index contributed by atoms with van der Waals surface area (Å²) in [6, 6.07) is 33.7. The average molecular weight is 462 g/mol. The smallest absolute Gasteiger partial charge is 0.336 e. The standard InChI is InChI=1S/C28H19N3O2S/c32-25-17-21(26-23-14-8-7-9-19(23)15-16-24(26)33-25)18-34-28-30-29-27(20-10-3-1-4-11-20)31(28)22-12-5-2-6-13-22/h1-17H,18H2. The topological polar surface area (TPSA) is 60.9 Å². The van der Waals surface area contributed by atoms with Gasteiger partial charge in [0.15, 0.2) is 11.0 Å². The van der Waals surface area contributed by atoms with Gasteiger partial charge in [-0.25, -0.2) is 4.79 Å². The second-order valence-corrected chi connectivity index (χ2v) is 8.82. The van der Waals surface area contributed by atoms with E-state index >= 15 is 0 Å². The Balaban J connectivity index is 1.46. The number of thioether (sulfide) groups is 1. The van der Waals surface area contributed by atoms with Crippen molar-refractivity contribution in [2.75, 3.05) is 0 Å². The number of benzene rings is 4. The summed E-state index contributed by atoms with van der Waals surface area (Å²) >= 11 is 1.55. The molecule has 0 aliphatic rings. The normalized spacial score (nSPS) is 11.3. The molecule has 0 aliphatic heterocycles. The summed E-state index contributed by atoms with van der Waals surface area (Å²) < 4.78 is 7.58. The molecule has 0 atom stereocenters. The van der Waals surface area contributed by atoms with Gasteiger partial charge in [0.2, 0.25) is 0 Å². The number of hydrogen-bond acceptors (Lipinski definition) is 5. The quantitative estimate of drug-likeness (QED) is 0.167. The highest BCUT2D eigenvalue weighted by molar-refractivity contribution is 7.98. The summed E-state index contributed by atoms with van der Waals surface area (Å²) in [6.45, 7) is 0. The average Bonchev–Trinajstić information content (AvgIpc) is 3.32. The molecule has 6 heteroatoms. The molecule has 0 bridgehead atoms. The molecule has 0 spiro atoms. The maximum atomic E-state index is 12.3. The first kappa shape index (κ1) is 20.4. The van der Waals surface area contributed by atoms with Crippen molar-refractivity contribution >= 4 is 33.5 Å². The van der Waals surface area contributed by atoms with E-state index in [4.69, 9.17) is 4.42 Å². The summed E-state index contributed by atoms with van der Waals surface area (Å²) in [4.78, 5) is 12.3. The third-order valence-electron chi connectivity index (χ3n) is 5.75. The molecule has 164 valence electrons. The fourth-order valence-electron chi connectivity index (χ4n) is 4.22. The number of aromatic nitrogens is 3. The maximum Gasteiger partial charge on any atom is 0.336 e. The molecule has 2 heterocycles. The lowest BCUT2D eigenvalue weighted by molar-refractivity contribution is 0.560. The van der Waals surface area contributed by atoms with Crippen LogP contribution in [0.15, 0.2) is 117 Å². The first-order chi connectivity index (χ1) is 16.8. The van der Waals surface area contributed by atoms with Gasteiger partial charge in [0.1, 0.15) is 5.58 Å². The fraction of sp³-hybridized carbons (Fsp3) is 0.0357. The molecule has 0 amide bonds. The molecule has 0 saturated carbocycles. The zero-order valence-corrected chi connectivity index (χ0v) is 18.9. The number of para-hydroxylation sites is 1. The van der Waals surface area contributed by atoms with Crippen molar-refractivity contribution in [3.05, 3.63) is 119 Å². The van der Waals surface area contributed by atoms with E-state index in [1.165, 1.54) is 0 Å². The molecular formula is C28H19N3O2S. The van der Waals surface area contributed by atoms with Crippen LogP contribution in [0.3, 0.4) is 0 Å². The van der Waals surface area contributed by atoms with Crippen LogP contribution in [0.5, 0.6) is 0 Å². The van der Waals surface area contributed by atoms with Crippen molar-refractivity contribution in [3.8, 4) is 17.1 Å². The van der Waals surface area contributed by atoms with Gasteiger partial charge in [-0.3, -0.25) is 4.57 Å². The van der Waals surface area contributed by atoms with Gasteiger partial charge in [0.25, 0.3) is 0 Å². The zero-order valence-electron chi connectivity index (χ0n) is 18.1. The molecule has 2 aromatic heterocycles. The summed E-state index contributed by atoms with van der Waals surface area (Å²) in [5.41, 5.74) is 3.13. The minimum atomic E-state index is -0.354. The summed E-state index contributed by atoms with van der Waals surface area (Å²) in [7, 11) is 0. The third-order valence-corrected chi connectivity index (χ3v) is 6.73. The SMILES string of the molecule is O=c1cc(CSc2nnc(-c3ccccc3)n2-c2ccccc2)c2c(ccc3ccccc32)o1. The molecule has 0 fully saturated rings. The van der Waals surface area contributed by atoms with Gasteiger partial charge in [0, 0.05) is 28.5 Å².